The largest absolute Gasteiger partial charge is 0.600 e. The number of rotatable bonds is 10. The first-order valence-electron chi connectivity index (χ1n) is 5.84. The van der Waals surface area contributed by atoms with Gasteiger partial charge in [0.05, 0.1) is 14.2 Å². The molecular weight excluding hydrogens is 210 g/mol. The number of hydrogen-bond acceptors (Lipinski definition) is 4. The molecule has 0 saturated heterocycles. The number of unbranched alkanes of at least 4 members (excludes halogenated alkanes) is 5. The van der Waals surface area contributed by atoms with Gasteiger partial charge in [-0.05, 0) is 19.3 Å². The van der Waals surface area contributed by atoms with Crippen LogP contribution in [-0.2, 0) is 14.4 Å². The summed E-state index contributed by atoms with van der Waals surface area (Å²) in [4.78, 5) is 15.3. The third-order valence-corrected chi connectivity index (χ3v) is 2.47. The first-order chi connectivity index (χ1) is 7.70. The topological polar surface area (TPSA) is 63.0 Å². The first-order valence-corrected chi connectivity index (χ1v) is 5.84. The molecule has 0 heterocycles. The standard InChI is InChI=1S/C11H23NO4/c1-15-11(13)9-7-5-3-4-6-8-10-12(14)16-2/h12H,3-10H2,1-2H3. The zero-order valence-electron chi connectivity index (χ0n) is 10.3. The van der Waals surface area contributed by atoms with Gasteiger partial charge in [-0.25, -0.2) is 10.1 Å². The molecule has 0 aliphatic rings. The number of carbonyl (C=O) groups excluding carboxylic acids is 1. The highest BCUT2D eigenvalue weighted by Gasteiger charge is 1.99. The fourth-order valence-corrected chi connectivity index (χ4v) is 1.45. The molecule has 0 aromatic heterocycles. The Balaban J connectivity index is 3.07. The summed E-state index contributed by atoms with van der Waals surface area (Å²) in [5.41, 5.74) is 0. The number of ether oxygens (including phenoxy) is 1. The molecule has 0 amide bonds. The number of nitrogens with one attached hydrogen (secondary N) is 1. The van der Waals surface area contributed by atoms with E-state index in [1.807, 2.05) is 0 Å². The van der Waals surface area contributed by atoms with Crippen molar-refractivity contribution in [1.29, 1.82) is 0 Å². The van der Waals surface area contributed by atoms with Crippen LogP contribution in [0.3, 0.4) is 0 Å². The summed E-state index contributed by atoms with van der Waals surface area (Å²) >= 11 is 0. The van der Waals surface area contributed by atoms with E-state index in [4.69, 9.17) is 0 Å². The molecule has 0 saturated carbocycles. The minimum atomic E-state index is -0.134. The van der Waals surface area contributed by atoms with Gasteiger partial charge in [-0.15, -0.1) is 0 Å². The Morgan fingerprint density at radius 1 is 1.06 bits per heavy atom. The molecule has 1 unspecified atom stereocenters. The summed E-state index contributed by atoms with van der Waals surface area (Å²) < 4.78 is 4.54. The van der Waals surface area contributed by atoms with E-state index in [9.17, 15) is 10.0 Å². The molecule has 0 spiro atoms. The Hall–Kier alpha value is -0.650. The maximum atomic E-state index is 10.8. The van der Waals surface area contributed by atoms with Gasteiger partial charge in [-0.3, -0.25) is 4.79 Å². The molecule has 1 N–H and O–H groups in total. The average Bonchev–Trinajstić information content (AvgIpc) is 2.31. The highest BCUT2D eigenvalue weighted by atomic mass is 16.9. The predicted octanol–water partition coefficient (Wildman–Crippen LogP) is 0.834. The molecule has 16 heavy (non-hydrogen) atoms. The summed E-state index contributed by atoms with van der Waals surface area (Å²) in [5.74, 6) is -0.134. The van der Waals surface area contributed by atoms with Crippen molar-refractivity contribution in [3.8, 4) is 0 Å². The summed E-state index contributed by atoms with van der Waals surface area (Å²) in [6, 6.07) is 0. The van der Waals surface area contributed by atoms with Crippen molar-refractivity contribution in [2.75, 3.05) is 20.8 Å². The number of methoxy groups -OCH3 is 1. The van der Waals surface area contributed by atoms with Crippen LogP contribution in [0.5, 0.6) is 0 Å². The lowest BCUT2D eigenvalue weighted by atomic mass is 10.1. The second-order valence-electron chi connectivity index (χ2n) is 3.77. The van der Waals surface area contributed by atoms with Crippen LogP contribution in [0.25, 0.3) is 0 Å². The van der Waals surface area contributed by atoms with E-state index in [-0.39, 0.29) is 11.2 Å². The van der Waals surface area contributed by atoms with Crippen LogP contribution < -0.4 is 5.23 Å². The van der Waals surface area contributed by atoms with E-state index in [1.165, 1.54) is 14.2 Å². The highest BCUT2D eigenvalue weighted by molar-refractivity contribution is 5.68. The van der Waals surface area contributed by atoms with E-state index >= 15 is 0 Å². The molecule has 0 aliphatic heterocycles. The van der Waals surface area contributed by atoms with E-state index in [2.05, 4.69) is 9.57 Å². The van der Waals surface area contributed by atoms with Gasteiger partial charge in [0, 0.05) is 6.42 Å². The zero-order valence-corrected chi connectivity index (χ0v) is 10.3. The Morgan fingerprint density at radius 2 is 1.62 bits per heavy atom. The summed E-state index contributed by atoms with van der Waals surface area (Å²) in [6.45, 7) is 0.513. The summed E-state index contributed by atoms with van der Waals surface area (Å²) in [6.07, 6.45) is 6.61. The van der Waals surface area contributed by atoms with Crippen molar-refractivity contribution in [1.82, 2.24) is 0 Å². The van der Waals surface area contributed by atoms with Crippen molar-refractivity contribution in [3.63, 3.8) is 0 Å². The highest BCUT2D eigenvalue weighted by Crippen LogP contribution is 2.06. The minimum Gasteiger partial charge on any atom is -0.600 e. The van der Waals surface area contributed by atoms with Crippen LogP contribution in [0.1, 0.15) is 44.9 Å². The monoisotopic (exact) mass is 233 g/mol. The van der Waals surface area contributed by atoms with Crippen molar-refractivity contribution in [2.45, 2.75) is 44.9 Å². The maximum absolute atomic E-state index is 10.8. The Labute approximate surface area is 97.2 Å². The van der Waals surface area contributed by atoms with Crippen LogP contribution >= 0.6 is 0 Å². The molecule has 96 valence electrons. The van der Waals surface area contributed by atoms with Gasteiger partial charge in [0.1, 0.15) is 6.54 Å². The van der Waals surface area contributed by atoms with Gasteiger partial charge < -0.3 is 9.94 Å². The van der Waals surface area contributed by atoms with E-state index in [1.54, 1.807) is 0 Å². The molecular formula is C11H23NO4. The predicted molar refractivity (Wildman–Crippen MR) is 60.5 cm³/mol. The van der Waals surface area contributed by atoms with Gasteiger partial charge in [0.2, 0.25) is 0 Å². The lowest BCUT2D eigenvalue weighted by Gasteiger charge is -2.16. The second-order valence-corrected chi connectivity index (χ2v) is 3.77. The van der Waals surface area contributed by atoms with Gasteiger partial charge in [-0.2, -0.15) is 0 Å². The first kappa shape index (κ1) is 15.3. The Bertz CT molecular complexity index is 175. The number of esters is 1. The summed E-state index contributed by atoms with van der Waals surface area (Å²) in [5, 5.41) is 10.6. The molecule has 0 bridgehead atoms. The smallest absolute Gasteiger partial charge is 0.305 e. The number of hydrogen-bond donors (Lipinski definition) is 1. The third-order valence-electron chi connectivity index (χ3n) is 2.47. The number of carbonyl (C=O) groups is 1. The number of quaternary nitrogens is 1. The molecule has 5 nitrogen and oxygen atoms in total. The zero-order chi connectivity index (χ0) is 12.2. The van der Waals surface area contributed by atoms with E-state index < -0.39 is 0 Å². The molecule has 0 aromatic rings. The molecule has 1 atom stereocenters. The Kier molecular flexibility index (Phi) is 10.4. The normalized spacial score (nSPS) is 12.4. The molecule has 0 fully saturated rings. The molecule has 5 heteroatoms. The maximum Gasteiger partial charge on any atom is 0.305 e. The molecule has 0 aromatic carbocycles. The van der Waals surface area contributed by atoms with E-state index in [0.29, 0.717) is 13.0 Å². The van der Waals surface area contributed by atoms with Gasteiger partial charge in [0.25, 0.3) is 0 Å². The summed E-state index contributed by atoms with van der Waals surface area (Å²) in [7, 11) is 2.82. The van der Waals surface area contributed by atoms with E-state index in [0.717, 1.165) is 38.5 Å². The molecule has 0 rings (SSSR count). The van der Waals surface area contributed by atoms with Crippen molar-refractivity contribution < 1.29 is 19.6 Å². The van der Waals surface area contributed by atoms with Crippen LogP contribution in [-0.4, -0.2) is 26.7 Å². The van der Waals surface area contributed by atoms with Crippen LogP contribution in [0.4, 0.5) is 0 Å². The van der Waals surface area contributed by atoms with Crippen LogP contribution in [0.15, 0.2) is 0 Å². The minimum absolute atomic E-state index is 0.134. The van der Waals surface area contributed by atoms with Crippen LogP contribution in [0, 0.1) is 5.21 Å². The quantitative estimate of drug-likeness (QED) is 0.345. The molecule has 0 aliphatic carbocycles. The lowest BCUT2D eigenvalue weighted by Crippen LogP contribution is -3.05. The van der Waals surface area contributed by atoms with Crippen molar-refractivity contribution in [2.24, 2.45) is 0 Å². The second kappa shape index (κ2) is 10.9. The van der Waals surface area contributed by atoms with Gasteiger partial charge in [0.15, 0.2) is 0 Å². The average molecular weight is 233 g/mol. The van der Waals surface area contributed by atoms with Crippen molar-refractivity contribution >= 4 is 5.97 Å². The SMILES string of the molecule is COC(=O)CCCCCCCC[NH+]([O-])OC. The molecule has 0 radical (unpaired) electrons. The lowest BCUT2D eigenvalue weighted by molar-refractivity contribution is -1.05. The fourth-order valence-electron chi connectivity index (χ4n) is 1.45. The van der Waals surface area contributed by atoms with Gasteiger partial charge >= 0.3 is 5.97 Å². The number of hydroxylamine groups is 2. The van der Waals surface area contributed by atoms with Crippen LogP contribution in [0.2, 0.25) is 0 Å². The Morgan fingerprint density at radius 3 is 2.19 bits per heavy atom. The van der Waals surface area contributed by atoms with Crippen molar-refractivity contribution in [3.05, 3.63) is 5.21 Å². The fraction of sp³-hybridized carbons (Fsp3) is 0.909. The van der Waals surface area contributed by atoms with Gasteiger partial charge in [-0.1, -0.05) is 19.3 Å². The third kappa shape index (κ3) is 9.89.